The Hall–Kier alpha value is -3.23. The van der Waals surface area contributed by atoms with Gasteiger partial charge in [0.25, 0.3) is 0 Å². The molecule has 8 nitrogen and oxygen atoms in total. The Balaban J connectivity index is 1.29. The number of amides is 2. The van der Waals surface area contributed by atoms with Crippen LogP contribution in [0.1, 0.15) is 28.9 Å². The van der Waals surface area contributed by atoms with Crippen LogP contribution < -0.4 is 26.5 Å². The number of hydrogen-bond donors (Lipinski definition) is 2. The van der Waals surface area contributed by atoms with Crippen molar-refractivity contribution in [2.24, 2.45) is 10.7 Å². The van der Waals surface area contributed by atoms with Crippen LogP contribution in [0.15, 0.2) is 47.5 Å². The van der Waals surface area contributed by atoms with E-state index in [0.29, 0.717) is 12.2 Å². The summed E-state index contributed by atoms with van der Waals surface area (Å²) in [7, 11) is 0. The summed E-state index contributed by atoms with van der Waals surface area (Å²) in [4.78, 5) is 29.8. The largest absolute Gasteiger partial charge is 0.492 e. The van der Waals surface area contributed by atoms with E-state index in [9.17, 15) is 9.59 Å². The Kier molecular flexibility index (Phi) is 6.29. The normalized spacial score (nSPS) is 18.5. The zero-order valence-corrected chi connectivity index (χ0v) is 17.6. The van der Waals surface area contributed by atoms with Gasteiger partial charge in [-0.1, -0.05) is 18.2 Å². The molecule has 0 bridgehead atoms. The van der Waals surface area contributed by atoms with E-state index in [2.05, 4.69) is 10.3 Å². The van der Waals surface area contributed by atoms with E-state index in [-0.39, 0.29) is 11.9 Å². The molecule has 2 aliphatic heterocycles. The number of carbonyl (C=O) groups is 2. The summed E-state index contributed by atoms with van der Waals surface area (Å²) < 4.78 is 5.90. The molecule has 2 aliphatic rings. The van der Waals surface area contributed by atoms with Crippen LogP contribution >= 0.6 is 0 Å². The number of carbonyl (C=O) groups excluding carboxylic acids is 2. The average molecular weight is 422 g/mol. The summed E-state index contributed by atoms with van der Waals surface area (Å²) in [6.45, 7) is 6.40. The first-order chi connectivity index (χ1) is 15.0. The van der Waals surface area contributed by atoms with Gasteiger partial charge in [0.05, 0.1) is 11.4 Å². The summed E-state index contributed by atoms with van der Waals surface area (Å²) in [5, 5.41) is 3.55. The zero-order chi connectivity index (χ0) is 21.8. The number of nitrogens with one attached hydrogen (secondary N) is 1. The van der Waals surface area contributed by atoms with Crippen LogP contribution in [0, 0.1) is 0 Å². The van der Waals surface area contributed by atoms with Gasteiger partial charge in [-0.15, -0.1) is 0 Å². The van der Waals surface area contributed by atoms with Gasteiger partial charge >= 0.3 is 0 Å². The van der Waals surface area contributed by atoms with Gasteiger partial charge < -0.3 is 10.5 Å². The lowest BCUT2D eigenvalue weighted by Crippen LogP contribution is -2.53. The highest BCUT2D eigenvalue weighted by molar-refractivity contribution is 5.93. The Morgan fingerprint density at radius 3 is 2.55 bits per heavy atom. The van der Waals surface area contributed by atoms with E-state index in [1.54, 1.807) is 12.1 Å². The summed E-state index contributed by atoms with van der Waals surface area (Å²) >= 11 is 0. The van der Waals surface area contributed by atoms with Gasteiger partial charge in [-0.25, -0.2) is 5.01 Å². The van der Waals surface area contributed by atoms with Gasteiger partial charge in [0, 0.05) is 50.4 Å². The van der Waals surface area contributed by atoms with Crippen molar-refractivity contribution in [2.45, 2.75) is 13.0 Å². The number of nitrogens with zero attached hydrogens (tertiary/aromatic N) is 3. The number of hydrogen-bond acceptors (Lipinski definition) is 6. The fraction of sp³-hybridized carbons (Fsp3) is 0.348. The molecular weight excluding hydrogens is 394 g/mol. The van der Waals surface area contributed by atoms with Crippen LogP contribution in [0.5, 0.6) is 5.75 Å². The minimum absolute atomic E-state index is 0.0274. The van der Waals surface area contributed by atoms with Crippen LogP contribution in [0.4, 0.5) is 0 Å². The number of benzene rings is 2. The molecule has 1 unspecified atom stereocenters. The maximum absolute atomic E-state index is 11.6. The van der Waals surface area contributed by atoms with Crippen LogP contribution in [-0.4, -0.2) is 61.1 Å². The van der Waals surface area contributed by atoms with Crippen LogP contribution in [0.2, 0.25) is 0 Å². The van der Waals surface area contributed by atoms with Crippen LogP contribution in [0.25, 0.3) is 6.08 Å². The standard InChI is InChI=1S/C23H27N5O3/c1-16(29)26-28-11-9-27(10-12-28)13-14-31-18-7-5-17(6-8-18)22-15-20-19(23(24)30)3-2-4-21(20)25-22/h2-8,15,22H,9-14H2,1H3,(H2,24,30)(H,26,29). The monoisotopic (exact) mass is 421 g/mol. The second kappa shape index (κ2) is 9.28. The van der Waals surface area contributed by atoms with E-state index in [4.69, 9.17) is 15.5 Å². The quantitative estimate of drug-likeness (QED) is 0.655. The third-order valence-corrected chi connectivity index (χ3v) is 5.54. The Bertz CT molecular complexity index is 1080. The Morgan fingerprint density at radius 2 is 1.87 bits per heavy atom. The fourth-order valence-electron chi connectivity index (χ4n) is 3.93. The van der Waals surface area contributed by atoms with Gasteiger partial charge in [-0.2, -0.15) is 0 Å². The molecule has 2 aromatic carbocycles. The maximum Gasteiger partial charge on any atom is 0.249 e. The molecule has 1 fully saturated rings. The Labute approximate surface area is 181 Å². The summed E-state index contributed by atoms with van der Waals surface area (Å²) in [6, 6.07) is 13.2. The lowest BCUT2D eigenvalue weighted by molar-refractivity contribution is -0.124. The number of fused-ring (bicyclic) bond motifs is 1. The van der Waals surface area contributed by atoms with Gasteiger partial charge in [-0.05, 0) is 35.9 Å². The number of primary amides is 1. The van der Waals surface area contributed by atoms with Crippen molar-refractivity contribution in [1.82, 2.24) is 15.3 Å². The average Bonchev–Trinajstić information content (AvgIpc) is 3.19. The minimum Gasteiger partial charge on any atom is -0.492 e. The molecule has 2 heterocycles. The first-order valence-corrected chi connectivity index (χ1v) is 10.5. The minimum atomic E-state index is -0.441. The number of rotatable bonds is 7. The SMILES string of the molecule is CC(=O)NN1CCN(CCOc2ccc(C3C=c4c(C(N)=O)cccc4=N3)cc2)CC1. The van der Waals surface area contributed by atoms with E-state index < -0.39 is 5.91 Å². The summed E-state index contributed by atoms with van der Waals surface area (Å²) in [6.07, 6.45) is 1.98. The molecule has 0 aliphatic carbocycles. The highest BCUT2D eigenvalue weighted by Crippen LogP contribution is 2.23. The van der Waals surface area contributed by atoms with Crippen molar-refractivity contribution in [3.8, 4) is 5.75 Å². The molecule has 0 radical (unpaired) electrons. The van der Waals surface area contributed by atoms with E-state index in [1.165, 1.54) is 6.92 Å². The topological polar surface area (TPSA) is 100 Å². The van der Waals surface area contributed by atoms with Crippen molar-refractivity contribution < 1.29 is 14.3 Å². The number of piperazine rings is 1. The molecular formula is C23H27N5O3. The number of hydrazine groups is 1. The summed E-state index contributed by atoms with van der Waals surface area (Å²) in [5.74, 6) is 0.346. The van der Waals surface area contributed by atoms with Gasteiger partial charge in [-0.3, -0.25) is 24.9 Å². The highest BCUT2D eigenvalue weighted by atomic mass is 16.5. The van der Waals surface area contributed by atoms with Gasteiger partial charge in [0.1, 0.15) is 12.4 Å². The van der Waals surface area contributed by atoms with Crippen molar-refractivity contribution in [3.05, 3.63) is 64.2 Å². The third-order valence-electron chi connectivity index (χ3n) is 5.54. The molecule has 0 aromatic heterocycles. The maximum atomic E-state index is 11.6. The van der Waals surface area contributed by atoms with E-state index in [0.717, 1.165) is 54.6 Å². The molecule has 1 saturated heterocycles. The second-order valence-electron chi connectivity index (χ2n) is 7.76. The highest BCUT2D eigenvalue weighted by Gasteiger charge is 2.17. The van der Waals surface area contributed by atoms with Crippen molar-refractivity contribution in [1.29, 1.82) is 0 Å². The molecule has 162 valence electrons. The first kappa shape index (κ1) is 21.0. The molecule has 3 N–H and O–H groups in total. The lowest BCUT2D eigenvalue weighted by atomic mass is 10.1. The smallest absolute Gasteiger partial charge is 0.249 e. The molecule has 0 spiro atoms. The molecule has 2 aromatic rings. The van der Waals surface area contributed by atoms with Crippen LogP contribution in [-0.2, 0) is 4.79 Å². The Morgan fingerprint density at radius 1 is 1.13 bits per heavy atom. The van der Waals surface area contributed by atoms with Crippen LogP contribution in [0.3, 0.4) is 0 Å². The van der Waals surface area contributed by atoms with E-state index in [1.807, 2.05) is 41.4 Å². The number of ether oxygens (including phenoxy) is 1. The zero-order valence-electron chi connectivity index (χ0n) is 17.6. The predicted molar refractivity (Wildman–Crippen MR) is 117 cm³/mol. The van der Waals surface area contributed by atoms with Crippen molar-refractivity contribution >= 4 is 17.9 Å². The van der Waals surface area contributed by atoms with Gasteiger partial charge in [0.2, 0.25) is 11.8 Å². The second-order valence-corrected chi connectivity index (χ2v) is 7.76. The summed E-state index contributed by atoms with van der Waals surface area (Å²) in [5.41, 5.74) is 9.84. The van der Waals surface area contributed by atoms with Crippen molar-refractivity contribution in [3.63, 3.8) is 0 Å². The molecule has 8 heteroatoms. The molecule has 1 atom stereocenters. The fourth-order valence-corrected chi connectivity index (χ4v) is 3.93. The van der Waals surface area contributed by atoms with Crippen molar-refractivity contribution in [2.75, 3.05) is 39.3 Å². The molecule has 0 saturated carbocycles. The predicted octanol–water partition coefficient (Wildman–Crippen LogP) is -0.0120. The lowest BCUT2D eigenvalue weighted by Gasteiger charge is -2.34. The first-order valence-electron chi connectivity index (χ1n) is 10.5. The van der Waals surface area contributed by atoms with E-state index >= 15 is 0 Å². The number of nitrogens with two attached hydrogens (primary N) is 1. The van der Waals surface area contributed by atoms with Gasteiger partial charge in [0.15, 0.2) is 0 Å². The molecule has 31 heavy (non-hydrogen) atoms. The molecule has 2 amide bonds. The third kappa shape index (κ3) is 5.10. The molecule has 4 rings (SSSR count).